The molecule has 0 aromatic heterocycles. The summed E-state index contributed by atoms with van der Waals surface area (Å²) in [5, 5.41) is 0. The van der Waals surface area contributed by atoms with E-state index in [4.69, 9.17) is 29.0 Å². The third-order valence-electron chi connectivity index (χ3n) is 14.3. The Morgan fingerprint density at radius 3 is 2.04 bits per heavy atom. The summed E-state index contributed by atoms with van der Waals surface area (Å²) in [6.45, 7) is 20.7. The number of esters is 2. The summed E-state index contributed by atoms with van der Waals surface area (Å²) in [7, 11) is 0. The van der Waals surface area contributed by atoms with Crippen LogP contribution in [0.2, 0.25) is 0 Å². The number of allylic oxidation sites excluding steroid dienone is 4. The summed E-state index contributed by atoms with van der Waals surface area (Å²) in [6.07, 6.45) is 30.3. The van der Waals surface area contributed by atoms with Gasteiger partial charge in [-0.05, 0) is 144 Å². The average Bonchev–Trinajstić information content (AvgIpc) is 3.71. The van der Waals surface area contributed by atoms with Crippen LogP contribution in [-0.2, 0) is 38.6 Å². The summed E-state index contributed by atoms with van der Waals surface area (Å²) in [5.41, 5.74) is 2.29. The third-order valence-corrected chi connectivity index (χ3v) is 14.3. The number of unbranched alkanes of at least 4 members (excludes halogenated alkanes) is 1. The molecule has 9 atom stereocenters. The van der Waals surface area contributed by atoms with Gasteiger partial charge in [0.2, 0.25) is 0 Å². The number of ether oxygens (including phenoxy) is 2. The van der Waals surface area contributed by atoms with E-state index in [1.807, 2.05) is 39.8 Å². The molecule has 0 aliphatic heterocycles. The topological polar surface area (TPSA) is 89.5 Å². The maximum Gasteiger partial charge on any atom is 0.330 e. The zero-order valence-electron chi connectivity index (χ0n) is 37.0. The monoisotopic (exact) mass is 787 g/mol. The van der Waals surface area contributed by atoms with Gasteiger partial charge in [-0.25, -0.2) is 24.3 Å². The van der Waals surface area contributed by atoms with Gasteiger partial charge >= 0.3 is 11.9 Å². The second-order valence-electron chi connectivity index (χ2n) is 17.7. The standard InChI is InChI=1S/C24H44O4.C24H38O4/c2*1-5-26-23(25)14-9-13-20(12-7-8-18-28-27-6-2)22-16-15-21-19(3)11-10-17-24(21,22)4/h19-22H,5-18H2,1-4H3;7-9,13-14,19,21-22H,5-6,10-12,15-18H2,1-4H3/b;8-7+,14-9+,20-13-/t19-,20?,21?,22+,24-;19-,21?,22+,24-/m00/s1. The van der Waals surface area contributed by atoms with Crippen molar-refractivity contribution >= 4 is 11.9 Å². The SMILES string of the molecule is CCOOC/C=C/C/C(=C/C=C/C(=O)OCC)[C@H]1CCC2[C@@H](C)CCC[C@@]21C.CCOOCCCCC(CCCC(=O)OCC)[C@H]1CCC2[C@@H](C)CCC[C@@]21C. The maximum atomic E-state index is 11.8. The first-order valence-electron chi connectivity index (χ1n) is 22.9. The number of carbonyl (C=O) groups excluding carboxylic acids is 2. The van der Waals surface area contributed by atoms with Gasteiger partial charge in [-0.15, -0.1) is 0 Å². The fourth-order valence-corrected chi connectivity index (χ4v) is 11.8. The predicted octanol–water partition coefficient (Wildman–Crippen LogP) is 12.1. The van der Waals surface area contributed by atoms with Gasteiger partial charge in [0.15, 0.2) is 0 Å². The fourth-order valence-electron chi connectivity index (χ4n) is 11.8. The van der Waals surface area contributed by atoms with Crippen LogP contribution in [0.3, 0.4) is 0 Å². The van der Waals surface area contributed by atoms with Gasteiger partial charge in [0, 0.05) is 12.5 Å². The van der Waals surface area contributed by atoms with Gasteiger partial charge in [-0.2, -0.15) is 0 Å². The summed E-state index contributed by atoms with van der Waals surface area (Å²) >= 11 is 0. The predicted molar refractivity (Wildman–Crippen MR) is 225 cm³/mol. The normalized spacial score (nSPS) is 30.8. The largest absolute Gasteiger partial charge is 0.466 e. The lowest BCUT2D eigenvalue weighted by atomic mass is 9.59. The Balaban J connectivity index is 0.000000300. The zero-order chi connectivity index (χ0) is 40.8. The molecular weight excluding hydrogens is 705 g/mol. The molecule has 0 radical (unpaired) electrons. The molecule has 8 heteroatoms. The van der Waals surface area contributed by atoms with Crippen LogP contribution in [0, 0.1) is 52.3 Å². The molecule has 4 fully saturated rings. The van der Waals surface area contributed by atoms with Crippen molar-refractivity contribution in [3.63, 3.8) is 0 Å². The Morgan fingerprint density at radius 1 is 0.696 bits per heavy atom. The van der Waals surface area contributed by atoms with Gasteiger partial charge in [0.25, 0.3) is 0 Å². The van der Waals surface area contributed by atoms with E-state index < -0.39 is 0 Å². The highest BCUT2D eigenvalue weighted by Crippen LogP contribution is 2.61. The molecule has 0 aromatic carbocycles. The fraction of sp³-hybridized carbons (Fsp3) is 0.833. The number of hydrogen-bond acceptors (Lipinski definition) is 8. The van der Waals surface area contributed by atoms with E-state index >= 15 is 0 Å². The summed E-state index contributed by atoms with van der Waals surface area (Å²) in [4.78, 5) is 43.6. The number of rotatable bonds is 23. The van der Waals surface area contributed by atoms with Crippen LogP contribution in [0.15, 0.2) is 36.0 Å². The second kappa shape index (κ2) is 26.2. The van der Waals surface area contributed by atoms with Crippen molar-refractivity contribution in [3.8, 4) is 0 Å². The van der Waals surface area contributed by atoms with Crippen molar-refractivity contribution < 1.29 is 38.6 Å². The van der Waals surface area contributed by atoms with Gasteiger partial charge in [0.1, 0.15) is 6.61 Å². The van der Waals surface area contributed by atoms with Crippen molar-refractivity contribution in [1.82, 2.24) is 0 Å². The van der Waals surface area contributed by atoms with Gasteiger partial charge in [-0.3, -0.25) is 4.79 Å². The Kier molecular flexibility index (Phi) is 22.6. The molecule has 0 spiro atoms. The highest BCUT2D eigenvalue weighted by Gasteiger charge is 2.52. The molecule has 4 rings (SSSR count). The summed E-state index contributed by atoms with van der Waals surface area (Å²) in [5.74, 6) is 5.21. The first-order chi connectivity index (χ1) is 27.0. The van der Waals surface area contributed by atoms with Crippen LogP contribution in [0.5, 0.6) is 0 Å². The van der Waals surface area contributed by atoms with Gasteiger partial charge < -0.3 is 9.47 Å². The minimum Gasteiger partial charge on any atom is -0.466 e. The molecule has 56 heavy (non-hydrogen) atoms. The average molecular weight is 787 g/mol. The summed E-state index contributed by atoms with van der Waals surface area (Å²) < 4.78 is 10.1. The third kappa shape index (κ3) is 14.7. The molecule has 0 heterocycles. The molecule has 4 aliphatic rings. The molecule has 0 aromatic rings. The van der Waals surface area contributed by atoms with E-state index in [9.17, 15) is 9.59 Å². The van der Waals surface area contributed by atoms with Crippen LogP contribution in [0.25, 0.3) is 0 Å². The Hall–Kier alpha value is -2.00. The molecular formula is C48H82O8. The lowest BCUT2D eigenvalue weighted by Crippen LogP contribution is -2.38. The van der Waals surface area contributed by atoms with Crippen molar-refractivity contribution in [2.24, 2.45) is 52.3 Å². The van der Waals surface area contributed by atoms with Gasteiger partial charge in [0.05, 0.1) is 33.0 Å². The van der Waals surface area contributed by atoms with Crippen LogP contribution in [0.4, 0.5) is 0 Å². The number of fused-ring (bicyclic) bond motifs is 2. The minimum atomic E-state index is -0.277. The molecule has 0 N–H and O–H groups in total. The Labute approximate surface area is 342 Å². The van der Waals surface area contributed by atoms with E-state index in [1.165, 1.54) is 88.7 Å². The van der Waals surface area contributed by atoms with Crippen LogP contribution in [0.1, 0.15) is 165 Å². The smallest absolute Gasteiger partial charge is 0.330 e. The molecule has 4 saturated carbocycles. The summed E-state index contributed by atoms with van der Waals surface area (Å²) in [6, 6.07) is 0. The zero-order valence-corrected chi connectivity index (χ0v) is 37.0. The van der Waals surface area contributed by atoms with Crippen molar-refractivity contribution in [1.29, 1.82) is 0 Å². The molecule has 0 saturated heterocycles. The maximum absolute atomic E-state index is 11.8. The second-order valence-corrected chi connectivity index (χ2v) is 17.7. The van der Waals surface area contributed by atoms with E-state index in [-0.39, 0.29) is 11.9 Å². The van der Waals surface area contributed by atoms with E-state index in [1.54, 1.807) is 0 Å². The molecule has 3 unspecified atom stereocenters. The number of carbonyl (C=O) groups is 2. The lowest BCUT2D eigenvalue weighted by molar-refractivity contribution is -0.291. The molecule has 4 aliphatic carbocycles. The van der Waals surface area contributed by atoms with Crippen LogP contribution >= 0.6 is 0 Å². The minimum absolute atomic E-state index is 0.0341. The Bertz CT molecular complexity index is 1210. The quantitative estimate of drug-likeness (QED) is 0.0192. The molecule has 0 bridgehead atoms. The van der Waals surface area contributed by atoms with Crippen molar-refractivity contribution in [3.05, 3.63) is 36.0 Å². The highest BCUT2D eigenvalue weighted by molar-refractivity contribution is 5.82. The first-order valence-corrected chi connectivity index (χ1v) is 22.9. The van der Waals surface area contributed by atoms with E-state index in [0.29, 0.717) is 62.8 Å². The van der Waals surface area contributed by atoms with E-state index in [0.717, 1.165) is 61.2 Å². The Morgan fingerprint density at radius 2 is 1.34 bits per heavy atom. The molecule has 0 amide bonds. The van der Waals surface area contributed by atoms with Crippen LogP contribution < -0.4 is 0 Å². The molecule has 8 nitrogen and oxygen atoms in total. The number of hydrogen-bond donors (Lipinski definition) is 0. The van der Waals surface area contributed by atoms with E-state index in [2.05, 4.69) is 39.8 Å². The van der Waals surface area contributed by atoms with Gasteiger partial charge in [-0.1, -0.05) is 96.1 Å². The van der Waals surface area contributed by atoms with Crippen LogP contribution in [-0.4, -0.2) is 51.6 Å². The lowest BCUT2D eigenvalue weighted by Gasteiger charge is -2.46. The first kappa shape index (κ1) is 48.4. The van der Waals surface area contributed by atoms with Crippen molar-refractivity contribution in [2.75, 3.05) is 39.6 Å². The molecule has 322 valence electrons. The highest BCUT2D eigenvalue weighted by atomic mass is 17.2. The van der Waals surface area contributed by atoms with Crippen molar-refractivity contribution in [2.45, 2.75) is 165 Å².